The molecule has 1 N–H and O–H groups in total. The molecule has 0 aromatic heterocycles. The smallest absolute Gasteiger partial charge is 0.150 e. The molecule has 1 aromatic carbocycles. The van der Waals surface area contributed by atoms with Crippen LogP contribution >= 0.6 is 0 Å². The molecule has 0 amide bonds. The van der Waals surface area contributed by atoms with E-state index in [1.54, 1.807) is 12.2 Å². The van der Waals surface area contributed by atoms with Crippen molar-refractivity contribution >= 4 is 0 Å². The molecule has 0 aliphatic carbocycles. The summed E-state index contributed by atoms with van der Waals surface area (Å²) < 4.78 is 10.2. The number of hydrogen-bond acceptors (Lipinski definition) is 3. The summed E-state index contributed by atoms with van der Waals surface area (Å²) in [7, 11) is 1.53. The molecule has 0 unspecified atom stereocenters. The Morgan fingerprint density at radius 1 is 1.33 bits per heavy atom. The molecule has 0 radical (unpaired) electrons. The van der Waals surface area contributed by atoms with E-state index in [0.29, 0.717) is 0 Å². The first-order valence-electron chi connectivity index (χ1n) is 5.76. The Morgan fingerprint density at radius 2 is 2.06 bits per heavy atom. The molecular weight excluding hydrogens is 228 g/mol. The van der Waals surface area contributed by atoms with Crippen LogP contribution in [0.4, 0.5) is 0 Å². The zero-order valence-corrected chi connectivity index (χ0v) is 10.7. The summed E-state index contributed by atoms with van der Waals surface area (Å²) in [6.45, 7) is 1.93. The fourth-order valence-corrected chi connectivity index (χ4v) is 1.34. The molecule has 0 saturated heterocycles. The number of ether oxygens (including phenoxy) is 2. The van der Waals surface area contributed by atoms with Crippen LogP contribution in [0.15, 0.2) is 42.5 Å². The van der Waals surface area contributed by atoms with E-state index in [1.165, 1.54) is 7.11 Å². The molecule has 2 atom stereocenters. The summed E-state index contributed by atoms with van der Waals surface area (Å²) in [5, 5.41) is 9.84. The van der Waals surface area contributed by atoms with E-state index < -0.39 is 12.2 Å². The Hall–Kier alpha value is -1.60. The lowest BCUT2D eigenvalue weighted by molar-refractivity contribution is -0.0797. The minimum Gasteiger partial charge on any atom is -0.385 e. The van der Waals surface area contributed by atoms with Crippen LogP contribution in [-0.4, -0.2) is 31.2 Å². The highest BCUT2D eigenvalue weighted by atomic mass is 16.7. The van der Waals surface area contributed by atoms with E-state index in [0.717, 1.165) is 5.56 Å². The third-order valence-corrected chi connectivity index (χ3v) is 2.20. The largest absolute Gasteiger partial charge is 0.385 e. The molecule has 1 rings (SSSR count). The number of rotatable bonds is 5. The van der Waals surface area contributed by atoms with Crippen LogP contribution in [0.5, 0.6) is 0 Å². The second-order valence-corrected chi connectivity index (χ2v) is 3.65. The van der Waals surface area contributed by atoms with Gasteiger partial charge in [-0.1, -0.05) is 42.2 Å². The minimum absolute atomic E-state index is 0.1000. The van der Waals surface area contributed by atoms with Gasteiger partial charge in [0.1, 0.15) is 12.9 Å². The first-order chi connectivity index (χ1) is 8.77. The minimum atomic E-state index is -0.763. The summed E-state index contributed by atoms with van der Waals surface area (Å²) in [5.74, 6) is 5.87. The summed E-state index contributed by atoms with van der Waals surface area (Å²) in [6.07, 6.45) is 2.04. The lowest BCUT2D eigenvalue weighted by Gasteiger charge is -2.14. The number of aliphatic hydroxyl groups is 1. The van der Waals surface area contributed by atoms with Crippen molar-refractivity contribution in [2.75, 3.05) is 13.9 Å². The Kier molecular flexibility index (Phi) is 6.82. The third kappa shape index (κ3) is 5.15. The summed E-state index contributed by atoms with van der Waals surface area (Å²) in [6, 6.07) is 9.57. The lowest BCUT2D eigenvalue weighted by Crippen LogP contribution is -2.26. The Morgan fingerprint density at radius 3 is 2.67 bits per heavy atom. The highest BCUT2D eigenvalue weighted by molar-refractivity contribution is 5.35. The maximum absolute atomic E-state index is 9.84. The van der Waals surface area contributed by atoms with Gasteiger partial charge in [0, 0.05) is 12.7 Å². The topological polar surface area (TPSA) is 38.7 Å². The van der Waals surface area contributed by atoms with Crippen molar-refractivity contribution in [2.24, 2.45) is 0 Å². The average Bonchev–Trinajstić information content (AvgIpc) is 2.40. The van der Waals surface area contributed by atoms with Gasteiger partial charge >= 0.3 is 0 Å². The maximum Gasteiger partial charge on any atom is 0.150 e. The van der Waals surface area contributed by atoms with Crippen LogP contribution in [-0.2, 0) is 9.47 Å². The van der Waals surface area contributed by atoms with Gasteiger partial charge in [-0.3, -0.25) is 0 Å². The van der Waals surface area contributed by atoms with Crippen molar-refractivity contribution in [3.63, 3.8) is 0 Å². The molecule has 0 saturated carbocycles. The predicted octanol–water partition coefficient (Wildman–Crippen LogP) is 1.96. The maximum atomic E-state index is 9.84. The van der Waals surface area contributed by atoms with Crippen molar-refractivity contribution in [3.05, 3.63) is 48.0 Å². The van der Waals surface area contributed by atoms with E-state index in [4.69, 9.17) is 9.47 Å². The molecule has 0 aliphatic rings. The number of benzene rings is 1. The summed E-state index contributed by atoms with van der Waals surface area (Å²) in [5.41, 5.74) is 0.885. The van der Waals surface area contributed by atoms with E-state index in [-0.39, 0.29) is 6.79 Å². The molecule has 0 fully saturated rings. The van der Waals surface area contributed by atoms with Gasteiger partial charge in [-0.25, -0.2) is 0 Å². The number of hydrogen-bond donors (Lipinski definition) is 1. The second-order valence-electron chi connectivity index (χ2n) is 3.65. The average molecular weight is 246 g/mol. The van der Waals surface area contributed by atoms with Crippen molar-refractivity contribution in [3.8, 4) is 11.8 Å². The SMILES string of the molecule is C/C=C/[C@H](O)[C@@H](C#Cc1ccccc1)OCOC. The van der Waals surface area contributed by atoms with Gasteiger partial charge in [-0.2, -0.15) is 0 Å². The highest BCUT2D eigenvalue weighted by Crippen LogP contribution is 2.02. The van der Waals surface area contributed by atoms with Crippen molar-refractivity contribution in [1.82, 2.24) is 0 Å². The van der Waals surface area contributed by atoms with E-state index in [9.17, 15) is 5.11 Å². The summed E-state index contributed by atoms with van der Waals surface area (Å²) >= 11 is 0. The first-order valence-corrected chi connectivity index (χ1v) is 5.76. The number of methoxy groups -OCH3 is 1. The fourth-order valence-electron chi connectivity index (χ4n) is 1.34. The van der Waals surface area contributed by atoms with Crippen LogP contribution in [0.25, 0.3) is 0 Å². The number of allylic oxidation sites excluding steroid dienone is 1. The molecule has 1 aromatic rings. The van der Waals surface area contributed by atoms with Crippen LogP contribution < -0.4 is 0 Å². The van der Waals surface area contributed by atoms with E-state index in [2.05, 4.69) is 11.8 Å². The van der Waals surface area contributed by atoms with Gasteiger partial charge in [0.2, 0.25) is 0 Å². The zero-order valence-electron chi connectivity index (χ0n) is 10.7. The van der Waals surface area contributed by atoms with Crippen LogP contribution in [0.2, 0.25) is 0 Å². The van der Waals surface area contributed by atoms with Crippen molar-refractivity contribution < 1.29 is 14.6 Å². The van der Waals surface area contributed by atoms with Crippen molar-refractivity contribution in [1.29, 1.82) is 0 Å². The van der Waals surface area contributed by atoms with Crippen LogP contribution in [0.3, 0.4) is 0 Å². The zero-order chi connectivity index (χ0) is 13.2. The Bertz CT molecular complexity index is 414. The molecule has 0 aliphatic heterocycles. The van der Waals surface area contributed by atoms with E-state index in [1.807, 2.05) is 37.3 Å². The second kappa shape index (κ2) is 8.48. The van der Waals surface area contributed by atoms with Crippen LogP contribution in [0, 0.1) is 11.8 Å². The Labute approximate surface area is 108 Å². The van der Waals surface area contributed by atoms with Gasteiger partial charge in [-0.15, -0.1) is 0 Å². The Balaban J connectivity index is 2.75. The molecule has 0 heterocycles. The lowest BCUT2D eigenvalue weighted by atomic mass is 10.1. The fraction of sp³-hybridized carbons (Fsp3) is 0.333. The standard InChI is InChI=1S/C15H18O3/c1-3-7-14(16)15(18-12-17-2)11-10-13-8-5-4-6-9-13/h3-9,14-16H,12H2,1-2H3/b7-3+/t14-,15+/m0/s1. The quantitative estimate of drug-likeness (QED) is 0.490. The van der Waals surface area contributed by atoms with E-state index >= 15 is 0 Å². The van der Waals surface area contributed by atoms with Gasteiger partial charge < -0.3 is 14.6 Å². The number of aliphatic hydroxyl groups excluding tert-OH is 1. The molecule has 0 spiro atoms. The third-order valence-electron chi connectivity index (χ3n) is 2.20. The van der Waals surface area contributed by atoms with Crippen LogP contribution in [0.1, 0.15) is 12.5 Å². The molecule has 96 valence electrons. The molecule has 3 nitrogen and oxygen atoms in total. The monoisotopic (exact) mass is 246 g/mol. The van der Waals surface area contributed by atoms with Gasteiger partial charge in [0.25, 0.3) is 0 Å². The molecular formula is C15H18O3. The first kappa shape index (κ1) is 14.5. The van der Waals surface area contributed by atoms with Gasteiger partial charge in [-0.05, 0) is 19.1 Å². The highest BCUT2D eigenvalue weighted by Gasteiger charge is 2.14. The van der Waals surface area contributed by atoms with Gasteiger partial charge in [0.05, 0.1) is 0 Å². The molecule has 3 heteroatoms. The van der Waals surface area contributed by atoms with Crippen molar-refractivity contribution in [2.45, 2.75) is 19.1 Å². The molecule has 18 heavy (non-hydrogen) atoms. The normalized spacial score (nSPS) is 13.9. The predicted molar refractivity (Wildman–Crippen MR) is 70.9 cm³/mol. The molecule has 0 bridgehead atoms. The van der Waals surface area contributed by atoms with Gasteiger partial charge in [0.15, 0.2) is 6.10 Å². The summed E-state index contributed by atoms with van der Waals surface area (Å²) in [4.78, 5) is 0.